The second-order valence-electron chi connectivity index (χ2n) is 4.73. The van der Waals surface area contributed by atoms with Gasteiger partial charge in [0.05, 0.1) is 0 Å². The summed E-state index contributed by atoms with van der Waals surface area (Å²) in [7, 11) is 0. The Hall–Kier alpha value is -2.31. The van der Waals surface area contributed by atoms with Gasteiger partial charge in [-0.1, -0.05) is 11.2 Å². The maximum Gasteiger partial charge on any atom is 0.321 e. The fourth-order valence-corrected chi connectivity index (χ4v) is 2.23. The molecule has 0 saturated carbocycles. The van der Waals surface area contributed by atoms with Crippen molar-refractivity contribution in [2.24, 2.45) is 16.8 Å². The van der Waals surface area contributed by atoms with Crippen LogP contribution in [-0.2, 0) is 0 Å². The Kier molecular flexibility index (Phi) is 4.39. The molecule has 2 rings (SSSR count). The first-order valence-corrected chi connectivity index (χ1v) is 6.39. The van der Waals surface area contributed by atoms with Crippen LogP contribution in [0.2, 0.25) is 0 Å². The summed E-state index contributed by atoms with van der Waals surface area (Å²) in [5.41, 5.74) is 5.97. The lowest BCUT2D eigenvalue weighted by Crippen LogP contribution is -2.43. The third-order valence-electron chi connectivity index (χ3n) is 3.39. The van der Waals surface area contributed by atoms with Gasteiger partial charge in [-0.3, -0.25) is 0 Å². The smallest absolute Gasteiger partial charge is 0.321 e. The molecule has 4 N–H and O–H groups in total. The van der Waals surface area contributed by atoms with E-state index in [0.29, 0.717) is 31.6 Å². The molecule has 108 valence electrons. The fraction of sp³-hybridized carbons (Fsp3) is 0.385. The van der Waals surface area contributed by atoms with Gasteiger partial charge in [-0.15, -0.1) is 0 Å². The van der Waals surface area contributed by atoms with Crippen LogP contribution in [0.4, 0.5) is 14.9 Å². The summed E-state index contributed by atoms with van der Waals surface area (Å²) in [6, 6.07) is 5.48. The minimum atomic E-state index is -0.395. The van der Waals surface area contributed by atoms with Gasteiger partial charge >= 0.3 is 6.03 Å². The first kappa shape index (κ1) is 14.1. The van der Waals surface area contributed by atoms with Crippen LogP contribution in [0.15, 0.2) is 29.4 Å². The first-order chi connectivity index (χ1) is 9.60. The number of oxime groups is 1. The van der Waals surface area contributed by atoms with Crippen LogP contribution in [0.5, 0.6) is 0 Å². The summed E-state index contributed by atoms with van der Waals surface area (Å²) in [4.78, 5) is 13.6. The number of nitrogens with two attached hydrogens (primary N) is 1. The average Bonchev–Trinajstić information content (AvgIpc) is 2.46. The highest BCUT2D eigenvalue weighted by Crippen LogP contribution is 2.18. The maximum atomic E-state index is 13.0. The molecule has 0 aliphatic carbocycles. The van der Waals surface area contributed by atoms with Crippen LogP contribution in [0, 0.1) is 11.7 Å². The van der Waals surface area contributed by atoms with E-state index in [4.69, 9.17) is 10.9 Å². The Morgan fingerprint density at radius 1 is 1.45 bits per heavy atom. The molecule has 1 aromatic carbocycles. The second kappa shape index (κ2) is 6.23. The lowest BCUT2D eigenvalue weighted by Gasteiger charge is -2.31. The molecule has 1 aliphatic heterocycles. The molecule has 7 heteroatoms. The molecule has 0 atom stereocenters. The number of likely N-dealkylation sites (tertiary alicyclic amines) is 1. The van der Waals surface area contributed by atoms with E-state index in [0.717, 1.165) is 0 Å². The highest BCUT2D eigenvalue weighted by Gasteiger charge is 2.25. The van der Waals surface area contributed by atoms with Crippen molar-refractivity contribution >= 4 is 17.6 Å². The molecule has 1 aromatic rings. The molecule has 1 saturated heterocycles. The summed E-state index contributed by atoms with van der Waals surface area (Å²) in [5.74, 6) is -0.193. The molecular formula is C13H17FN4O2. The van der Waals surface area contributed by atoms with Gasteiger partial charge in [-0.05, 0) is 31.0 Å². The van der Waals surface area contributed by atoms with Gasteiger partial charge in [0.1, 0.15) is 11.7 Å². The Morgan fingerprint density at radius 2 is 2.15 bits per heavy atom. The molecule has 0 spiro atoms. The van der Waals surface area contributed by atoms with Gasteiger partial charge in [0, 0.05) is 24.7 Å². The number of amidine groups is 1. The van der Waals surface area contributed by atoms with Crippen molar-refractivity contribution in [2.45, 2.75) is 12.8 Å². The van der Waals surface area contributed by atoms with Crippen molar-refractivity contribution in [3.8, 4) is 0 Å². The minimum Gasteiger partial charge on any atom is -0.409 e. The van der Waals surface area contributed by atoms with Crippen molar-refractivity contribution in [2.75, 3.05) is 18.4 Å². The number of halogens is 1. The second-order valence-corrected chi connectivity index (χ2v) is 4.73. The van der Waals surface area contributed by atoms with Crippen molar-refractivity contribution in [1.29, 1.82) is 0 Å². The number of anilines is 1. The molecule has 1 heterocycles. The minimum absolute atomic E-state index is 0.00165. The summed E-state index contributed by atoms with van der Waals surface area (Å²) in [6.45, 7) is 1.03. The molecule has 1 aliphatic rings. The summed E-state index contributed by atoms with van der Waals surface area (Å²) in [6.07, 6.45) is 1.29. The topological polar surface area (TPSA) is 91.0 Å². The summed E-state index contributed by atoms with van der Waals surface area (Å²) in [5, 5.41) is 14.3. The largest absolute Gasteiger partial charge is 0.409 e. The third-order valence-corrected chi connectivity index (χ3v) is 3.39. The lowest BCUT2D eigenvalue weighted by atomic mass is 9.96. The zero-order valence-electron chi connectivity index (χ0n) is 10.9. The fourth-order valence-electron chi connectivity index (χ4n) is 2.23. The van der Waals surface area contributed by atoms with Crippen LogP contribution in [0.25, 0.3) is 0 Å². The standard InChI is InChI=1S/C13H17FN4O2/c14-10-2-1-3-11(8-10)16-13(19)18-6-4-9(5-7-18)12(15)17-20/h1-3,8-9,20H,4-7H2,(H2,15,17)(H,16,19). The predicted octanol–water partition coefficient (Wildman–Crippen LogP) is 1.82. The number of hydrogen-bond acceptors (Lipinski definition) is 3. The Morgan fingerprint density at radius 3 is 2.75 bits per heavy atom. The van der Waals surface area contributed by atoms with Gasteiger partial charge in [0.15, 0.2) is 0 Å². The monoisotopic (exact) mass is 280 g/mol. The van der Waals surface area contributed by atoms with E-state index in [-0.39, 0.29) is 17.8 Å². The number of nitrogens with zero attached hydrogens (tertiary/aromatic N) is 2. The molecule has 0 radical (unpaired) electrons. The normalized spacial score (nSPS) is 17.1. The van der Waals surface area contributed by atoms with E-state index >= 15 is 0 Å². The van der Waals surface area contributed by atoms with Gasteiger partial charge in [-0.25, -0.2) is 9.18 Å². The number of benzene rings is 1. The first-order valence-electron chi connectivity index (χ1n) is 6.39. The number of piperidine rings is 1. The van der Waals surface area contributed by atoms with Crippen LogP contribution in [-0.4, -0.2) is 35.1 Å². The van der Waals surface area contributed by atoms with E-state index in [1.165, 1.54) is 18.2 Å². The van der Waals surface area contributed by atoms with Crippen molar-refractivity contribution < 1.29 is 14.4 Å². The maximum absolute atomic E-state index is 13.0. The quantitative estimate of drug-likeness (QED) is 0.334. The number of amides is 2. The van der Waals surface area contributed by atoms with E-state index in [1.807, 2.05) is 0 Å². The molecule has 6 nitrogen and oxygen atoms in total. The van der Waals surface area contributed by atoms with E-state index in [9.17, 15) is 9.18 Å². The Balaban J connectivity index is 1.89. The highest BCUT2D eigenvalue weighted by molar-refractivity contribution is 5.89. The molecule has 0 bridgehead atoms. The van der Waals surface area contributed by atoms with Gasteiger partial charge in [0.2, 0.25) is 0 Å². The molecular weight excluding hydrogens is 263 g/mol. The molecule has 0 unspecified atom stereocenters. The van der Waals surface area contributed by atoms with Crippen molar-refractivity contribution in [3.63, 3.8) is 0 Å². The highest BCUT2D eigenvalue weighted by atomic mass is 19.1. The van der Waals surface area contributed by atoms with Crippen LogP contribution < -0.4 is 11.1 Å². The van der Waals surface area contributed by atoms with Crippen LogP contribution in [0.3, 0.4) is 0 Å². The van der Waals surface area contributed by atoms with Gasteiger partial charge in [0.25, 0.3) is 0 Å². The number of rotatable bonds is 2. The van der Waals surface area contributed by atoms with Crippen LogP contribution in [0.1, 0.15) is 12.8 Å². The lowest BCUT2D eigenvalue weighted by molar-refractivity contribution is 0.192. The number of carbonyl (C=O) groups excluding carboxylic acids is 1. The third kappa shape index (κ3) is 3.37. The predicted molar refractivity (Wildman–Crippen MR) is 73.1 cm³/mol. The molecule has 0 aromatic heterocycles. The number of nitrogens with one attached hydrogen (secondary N) is 1. The van der Waals surface area contributed by atoms with E-state index < -0.39 is 5.82 Å². The number of urea groups is 1. The molecule has 20 heavy (non-hydrogen) atoms. The van der Waals surface area contributed by atoms with Gasteiger partial charge < -0.3 is 21.2 Å². The summed E-state index contributed by atoms with van der Waals surface area (Å²) < 4.78 is 13.0. The Bertz CT molecular complexity index is 513. The van der Waals surface area contributed by atoms with Gasteiger partial charge in [-0.2, -0.15) is 0 Å². The zero-order valence-corrected chi connectivity index (χ0v) is 10.9. The van der Waals surface area contributed by atoms with Crippen molar-refractivity contribution in [3.05, 3.63) is 30.1 Å². The summed E-state index contributed by atoms with van der Waals surface area (Å²) >= 11 is 0. The molecule has 2 amide bonds. The number of carbonyl (C=O) groups is 1. The number of hydrogen-bond donors (Lipinski definition) is 3. The van der Waals surface area contributed by atoms with E-state index in [1.54, 1.807) is 11.0 Å². The van der Waals surface area contributed by atoms with Crippen LogP contribution >= 0.6 is 0 Å². The Labute approximate surface area is 116 Å². The zero-order chi connectivity index (χ0) is 14.5. The average molecular weight is 280 g/mol. The van der Waals surface area contributed by atoms with E-state index in [2.05, 4.69) is 10.5 Å². The molecule has 1 fully saturated rings. The van der Waals surface area contributed by atoms with Crippen molar-refractivity contribution in [1.82, 2.24) is 4.90 Å². The SMILES string of the molecule is NC(=NO)C1CCN(C(=O)Nc2cccc(F)c2)CC1.